The fourth-order valence-corrected chi connectivity index (χ4v) is 3.74. The molecule has 0 amide bonds. The maximum Gasteiger partial charge on any atom is 0.127 e. The van der Waals surface area contributed by atoms with Crippen molar-refractivity contribution < 1.29 is 0 Å². The Kier molecular flexibility index (Phi) is 2.44. The molecule has 1 N–H and O–H groups in total. The van der Waals surface area contributed by atoms with Gasteiger partial charge in [0, 0.05) is 4.88 Å². The van der Waals surface area contributed by atoms with E-state index in [0.717, 1.165) is 12.1 Å². The van der Waals surface area contributed by atoms with Crippen molar-refractivity contribution in [1.29, 1.82) is 0 Å². The maximum atomic E-state index is 4.37. The molecular formula is C10H8N2S3. The van der Waals surface area contributed by atoms with Gasteiger partial charge in [-0.05, 0) is 34.4 Å². The third kappa shape index (κ3) is 1.78. The molecule has 3 rings (SSSR count). The molecule has 2 nitrogen and oxygen atoms in total. The first-order valence-corrected chi connectivity index (χ1v) is 7.06. The monoisotopic (exact) mass is 252 g/mol. The standard InChI is InChI=1S/C10H8N2S3/c1-2-7(13-4-1)6-11-10-9-8(12-15-10)3-5-14-9/h1-5,11H,6H2. The first-order chi connectivity index (χ1) is 7.43. The third-order valence-electron chi connectivity index (χ3n) is 2.09. The second kappa shape index (κ2) is 3.92. The number of nitrogens with one attached hydrogen (secondary N) is 1. The molecule has 0 aromatic carbocycles. The molecule has 0 bridgehead atoms. The van der Waals surface area contributed by atoms with Gasteiger partial charge in [-0.25, -0.2) is 0 Å². The molecule has 0 saturated carbocycles. The van der Waals surface area contributed by atoms with Crippen molar-refractivity contribution in [1.82, 2.24) is 4.37 Å². The molecule has 0 saturated heterocycles. The molecule has 3 aromatic heterocycles. The van der Waals surface area contributed by atoms with E-state index in [1.165, 1.54) is 14.6 Å². The number of anilines is 1. The molecule has 5 heteroatoms. The summed E-state index contributed by atoms with van der Waals surface area (Å²) in [7, 11) is 0. The minimum Gasteiger partial charge on any atom is -0.370 e. The van der Waals surface area contributed by atoms with Crippen LogP contribution in [0.1, 0.15) is 4.88 Å². The Bertz CT molecular complexity index is 550. The van der Waals surface area contributed by atoms with Crippen LogP contribution in [0.4, 0.5) is 5.00 Å². The Hall–Kier alpha value is -0.910. The van der Waals surface area contributed by atoms with Crippen LogP contribution in [0.3, 0.4) is 0 Å². The molecular weight excluding hydrogens is 244 g/mol. The highest BCUT2D eigenvalue weighted by atomic mass is 32.1. The molecule has 3 heterocycles. The van der Waals surface area contributed by atoms with Crippen molar-refractivity contribution in [2.45, 2.75) is 6.54 Å². The zero-order valence-electron chi connectivity index (χ0n) is 7.77. The summed E-state index contributed by atoms with van der Waals surface area (Å²) in [6.45, 7) is 0.896. The van der Waals surface area contributed by atoms with Crippen molar-refractivity contribution in [2.75, 3.05) is 5.32 Å². The van der Waals surface area contributed by atoms with Crippen LogP contribution < -0.4 is 5.32 Å². The van der Waals surface area contributed by atoms with Crippen LogP contribution in [-0.2, 0) is 6.54 Å². The minimum absolute atomic E-state index is 0.896. The van der Waals surface area contributed by atoms with Crippen molar-refractivity contribution in [3.63, 3.8) is 0 Å². The summed E-state index contributed by atoms with van der Waals surface area (Å²) in [6.07, 6.45) is 0. The largest absolute Gasteiger partial charge is 0.370 e. The molecule has 15 heavy (non-hydrogen) atoms. The van der Waals surface area contributed by atoms with E-state index in [2.05, 4.69) is 38.6 Å². The van der Waals surface area contributed by atoms with Crippen LogP contribution in [0.5, 0.6) is 0 Å². The molecule has 0 fully saturated rings. The van der Waals surface area contributed by atoms with Gasteiger partial charge < -0.3 is 5.32 Å². The fourth-order valence-electron chi connectivity index (χ4n) is 1.37. The lowest BCUT2D eigenvalue weighted by Gasteiger charge is -1.99. The predicted octanol–water partition coefficient (Wildman–Crippen LogP) is 4.03. The number of thiophene rings is 2. The SMILES string of the molecule is c1csc(CNc2snc3ccsc23)c1. The van der Waals surface area contributed by atoms with Gasteiger partial charge in [-0.1, -0.05) is 6.07 Å². The number of hydrogen-bond donors (Lipinski definition) is 1. The van der Waals surface area contributed by atoms with E-state index < -0.39 is 0 Å². The highest BCUT2D eigenvalue weighted by Crippen LogP contribution is 2.32. The lowest BCUT2D eigenvalue weighted by atomic mass is 10.4. The van der Waals surface area contributed by atoms with Gasteiger partial charge in [-0.2, -0.15) is 4.37 Å². The first-order valence-electron chi connectivity index (χ1n) is 4.52. The molecule has 0 unspecified atom stereocenters. The highest BCUT2D eigenvalue weighted by molar-refractivity contribution is 7.23. The van der Waals surface area contributed by atoms with E-state index in [9.17, 15) is 0 Å². The normalized spacial score (nSPS) is 10.9. The number of fused-ring (bicyclic) bond motifs is 1. The van der Waals surface area contributed by atoms with Gasteiger partial charge in [0.05, 0.1) is 16.8 Å². The van der Waals surface area contributed by atoms with Gasteiger partial charge >= 0.3 is 0 Å². The summed E-state index contributed by atoms with van der Waals surface area (Å²) in [5.74, 6) is 0. The number of hydrogen-bond acceptors (Lipinski definition) is 5. The van der Waals surface area contributed by atoms with Crippen LogP contribution in [0.15, 0.2) is 29.0 Å². The molecule has 76 valence electrons. The van der Waals surface area contributed by atoms with Crippen LogP contribution in [0.2, 0.25) is 0 Å². The minimum atomic E-state index is 0.896. The Morgan fingerprint density at radius 1 is 1.20 bits per heavy atom. The Morgan fingerprint density at radius 2 is 2.20 bits per heavy atom. The summed E-state index contributed by atoms with van der Waals surface area (Å²) in [6, 6.07) is 6.28. The van der Waals surface area contributed by atoms with Gasteiger partial charge in [-0.15, -0.1) is 22.7 Å². The van der Waals surface area contributed by atoms with Crippen molar-refractivity contribution >= 4 is 49.4 Å². The quantitative estimate of drug-likeness (QED) is 0.761. The Labute approximate surface area is 99.4 Å². The molecule has 3 aromatic rings. The third-order valence-corrected chi connectivity index (χ3v) is 4.83. The lowest BCUT2D eigenvalue weighted by molar-refractivity contribution is 1.21. The zero-order valence-corrected chi connectivity index (χ0v) is 10.2. The van der Waals surface area contributed by atoms with E-state index in [1.807, 2.05) is 0 Å². The molecule has 0 atom stereocenters. The number of rotatable bonds is 3. The zero-order chi connectivity index (χ0) is 10.1. The predicted molar refractivity (Wildman–Crippen MR) is 69.1 cm³/mol. The topological polar surface area (TPSA) is 24.9 Å². The van der Waals surface area contributed by atoms with E-state index in [1.54, 1.807) is 34.2 Å². The van der Waals surface area contributed by atoms with E-state index in [0.29, 0.717) is 0 Å². The summed E-state index contributed by atoms with van der Waals surface area (Å²) >= 11 is 5.07. The number of nitrogens with zero attached hydrogens (tertiary/aromatic N) is 1. The van der Waals surface area contributed by atoms with Gasteiger partial charge in [0.2, 0.25) is 0 Å². The summed E-state index contributed by atoms with van der Waals surface area (Å²) in [4.78, 5) is 1.35. The fraction of sp³-hybridized carbons (Fsp3) is 0.100. The Morgan fingerprint density at radius 3 is 3.07 bits per heavy atom. The van der Waals surface area contributed by atoms with Crippen LogP contribution in [0, 0.1) is 0 Å². The second-order valence-electron chi connectivity index (χ2n) is 3.08. The number of aromatic nitrogens is 1. The van der Waals surface area contributed by atoms with Crippen molar-refractivity contribution in [3.8, 4) is 0 Å². The average Bonchev–Trinajstić information content (AvgIpc) is 2.93. The van der Waals surface area contributed by atoms with E-state index in [4.69, 9.17) is 0 Å². The summed E-state index contributed by atoms with van der Waals surface area (Å²) in [5, 5.41) is 8.81. The summed E-state index contributed by atoms with van der Waals surface area (Å²) in [5.41, 5.74) is 1.11. The van der Waals surface area contributed by atoms with E-state index >= 15 is 0 Å². The highest BCUT2D eigenvalue weighted by Gasteiger charge is 2.06. The molecule has 0 spiro atoms. The summed E-state index contributed by atoms with van der Waals surface area (Å²) < 4.78 is 5.65. The Balaban J connectivity index is 1.81. The van der Waals surface area contributed by atoms with E-state index in [-0.39, 0.29) is 0 Å². The van der Waals surface area contributed by atoms with Gasteiger partial charge in [-0.3, -0.25) is 0 Å². The second-order valence-corrected chi connectivity index (χ2v) is 5.80. The molecule has 0 radical (unpaired) electrons. The smallest absolute Gasteiger partial charge is 0.127 e. The van der Waals surface area contributed by atoms with Crippen LogP contribution in [-0.4, -0.2) is 4.37 Å². The van der Waals surface area contributed by atoms with Crippen LogP contribution in [0.25, 0.3) is 10.2 Å². The van der Waals surface area contributed by atoms with Crippen molar-refractivity contribution in [3.05, 3.63) is 33.8 Å². The lowest BCUT2D eigenvalue weighted by Crippen LogP contribution is -1.94. The van der Waals surface area contributed by atoms with Gasteiger partial charge in [0.1, 0.15) is 5.00 Å². The van der Waals surface area contributed by atoms with Crippen LogP contribution >= 0.6 is 34.2 Å². The molecule has 0 aliphatic heterocycles. The molecule has 0 aliphatic rings. The van der Waals surface area contributed by atoms with Gasteiger partial charge in [0.15, 0.2) is 0 Å². The molecule has 0 aliphatic carbocycles. The van der Waals surface area contributed by atoms with Crippen molar-refractivity contribution in [2.24, 2.45) is 0 Å². The van der Waals surface area contributed by atoms with Gasteiger partial charge in [0.25, 0.3) is 0 Å². The first kappa shape index (κ1) is 9.33. The maximum absolute atomic E-state index is 4.37. The average molecular weight is 252 g/mol.